The molecule has 0 aliphatic carbocycles. The minimum Gasteiger partial charge on any atom is -0.358 e. The first-order chi connectivity index (χ1) is 11.8. The molecule has 142 valence electrons. The summed E-state index contributed by atoms with van der Waals surface area (Å²) in [6.07, 6.45) is 25.1. The Morgan fingerprint density at radius 1 is 0.750 bits per heavy atom. The summed E-state index contributed by atoms with van der Waals surface area (Å²) in [5.41, 5.74) is 0. The third-order valence-electron chi connectivity index (χ3n) is 5.51. The average molecular weight is 337 g/mol. The van der Waals surface area contributed by atoms with E-state index in [1.807, 2.05) is 0 Å². The molecule has 0 radical (unpaired) electrons. The predicted octanol–water partition coefficient (Wildman–Crippen LogP) is 6.98. The molecule has 0 saturated heterocycles. The zero-order valence-electron chi connectivity index (χ0n) is 16.8. The highest BCUT2D eigenvalue weighted by atomic mass is 15.2. The van der Waals surface area contributed by atoms with Gasteiger partial charge in [-0.25, -0.2) is 0 Å². The van der Waals surface area contributed by atoms with E-state index in [-0.39, 0.29) is 0 Å². The third kappa shape index (κ3) is 11.9. The quantitative estimate of drug-likeness (QED) is 0.262. The molecule has 0 spiro atoms. The minimum absolute atomic E-state index is 0.693. The molecule has 1 aliphatic heterocycles. The fourth-order valence-corrected chi connectivity index (χ4v) is 3.70. The van der Waals surface area contributed by atoms with Gasteiger partial charge in [0.2, 0.25) is 0 Å². The van der Waals surface area contributed by atoms with E-state index in [2.05, 4.69) is 30.1 Å². The maximum absolute atomic E-state index is 4.31. The lowest BCUT2D eigenvalue weighted by atomic mass is 10.0. The topological polar surface area (TPSA) is 15.6 Å². The van der Waals surface area contributed by atoms with Gasteiger partial charge in [0, 0.05) is 12.6 Å². The SMILES string of the molecule is CCCCCCCCCCCCCCCCCC(C)N1C=NCC1. The summed E-state index contributed by atoms with van der Waals surface area (Å²) in [4.78, 5) is 6.71. The Kier molecular flexibility index (Phi) is 14.3. The van der Waals surface area contributed by atoms with Gasteiger partial charge in [-0.15, -0.1) is 0 Å². The van der Waals surface area contributed by atoms with Gasteiger partial charge in [-0.2, -0.15) is 0 Å². The van der Waals surface area contributed by atoms with Crippen LogP contribution in [0.1, 0.15) is 117 Å². The zero-order valence-corrected chi connectivity index (χ0v) is 16.8. The monoisotopic (exact) mass is 336 g/mol. The highest BCUT2D eigenvalue weighted by Crippen LogP contribution is 2.15. The van der Waals surface area contributed by atoms with Crippen molar-refractivity contribution < 1.29 is 0 Å². The lowest BCUT2D eigenvalue weighted by molar-refractivity contribution is 0.337. The smallest absolute Gasteiger partial charge is 0.0853 e. The van der Waals surface area contributed by atoms with Crippen molar-refractivity contribution in [2.75, 3.05) is 13.1 Å². The van der Waals surface area contributed by atoms with Crippen LogP contribution in [0.5, 0.6) is 0 Å². The van der Waals surface area contributed by atoms with Gasteiger partial charge in [0.1, 0.15) is 0 Å². The average Bonchev–Trinajstić information content (AvgIpc) is 3.13. The molecular formula is C22H44N2. The van der Waals surface area contributed by atoms with E-state index in [0.717, 1.165) is 13.1 Å². The summed E-state index contributed by atoms with van der Waals surface area (Å²) in [6, 6.07) is 0.693. The molecule has 1 rings (SSSR count). The molecular weight excluding hydrogens is 292 g/mol. The van der Waals surface area contributed by atoms with Gasteiger partial charge in [0.15, 0.2) is 0 Å². The van der Waals surface area contributed by atoms with Crippen LogP contribution in [0.3, 0.4) is 0 Å². The highest BCUT2D eigenvalue weighted by Gasteiger charge is 2.12. The second-order valence-corrected chi connectivity index (χ2v) is 7.85. The Morgan fingerprint density at radius 3 is 1.62 bits per heavy atom. The molecule has 0 aromatic rings. The molecule has 0 bridgehead atoms. The maximum atomic E-state index is 4.31. The lowest BCUT2D eigenvalue weighted by Gasteiger charge is -2.22. The Hall–Kier alpha value is -0.530. The first kappa shape index (κ1) is 21.5. The summed E-state index contributed by atoms with van der Waals surface area (Å²) in [6.45, 7) is 6.79. The van der Waals surface area contributed by atoms with Crippen molar-refractivity contribution in [3.63, 3.8) is 0 Å². The fourth-order valence-electron chi connectivity index (χ4n) is 3.70. The zero-order chi connectivity index (χ0) is 17.3. The van der Waals surface area contributed by atoms with E-state index in [9.17, 15) is 0 Å². The van der Waals surface area contributed by atoms with Gasteiger partial charge >= 0.3 is 0 Å². The van der Waals surface area contributed by atoms with Crippen LogP contribution in [-0.2, 0) is 0 Å². The van der Waals surface area contributed by atoms with E-state index in [1.165, 1.54) is 103 Å². The lowest BCUT2D eigenvalue weighted by Crippen LogP contribution is -2.30. The maximum Gasteiger partial charge on any atom is 0.0853 e. The van der Waals surface area contributed by atoms with Crippen molar-refractivity contribution in [3.8, 4) is 0 Å². The second-order valence-electron chi connectivity index (χ2n) is 7.85. The van der Waals surface area contributed by atoms with Crippen molar-refractivity contribution in [1.29, 1.82) is 0 Å². The fraction of sp³-hybridized carbons (Fsp3) is 0.955. The summed E-state index contributed by atoms with van der Waals surface area (Å²) in [5, 5.41) is 0. The molecule has 1 aliphatic rings. The molecule has 2 nitrogen and oxygen atoms in total. The summed E-state index contributed by atoms with van der Waals surface area (Å²) < 4.78 is 0. The normalized spacial score (nSPS) is 15.3. The number of aliphatic imine (C=N–C) groups is 1. The van der Waals surface area contributed by atoms with Crippen LogP contribution in [-0.4, -0.2) is 30.4 Å². The van der Waals surface area contributed by atoms with Crippen molar-refractivity contribution >= 4 is 6.34 Å². The van der Waals surface area contributed by atoms with E-state index < -0.39 is 0 Å². The van der Waals surface area contributed by atoms with Crippen LogP contribution in [0, 0.1) is 0 Å². The molecule has 0 N–H and O–H groups in total. The van der Waals surface area contributed by atoms with Crippen molar-refractivity contribution in [2.24, 2.45) is 4.99 Å². The molecule has 24 heavy (non-hydrogen) atoms. The van der Waals surface area contributed by atoms with Gasteiger partial charge in [-0.3, -0.25) is 4.99 Å². The van der Waals surface area contributed by atoms with E-state index in [0.29, 0.717) is 6.04 Å². The van der Waals surface area contributed by atoms with Crippen LogP contribution < -0.4 is 0 Å². The van der Waals surface area contributed by atoms with Crippen molar-refractivity contribution in [3.05, 3.63) is 0 Å². The Balaban J connectivity index is 1.71. The number of unbranched alkanes of at least 4 members (excludes halogenated alkanes) is 14. The van der Waals surface area contributed by atoms with Crippen LogP contribution in [0.4, 0.5) is 0 Å². The molecule has 0 amide bonds. The molecule has 1 unspecified atom stereocenters. The first-order valence-corrected chi connectivity index (χ1v) is 11.1. The first-order valence-electron chi connectivity index (χ1n) is 11.1. The van der Waals surface area contributed by atoms with E-state index in [1.54, 1.807) is 0 Å². The molecule has 1 heterocycles. The summed E-state index contributed by atoms with van der Waals surface area (Å²) >= 11 is 0. The highest BCUT2D eigenvalue weighted by molar-refractivity contribution is 5.57. The Labute approximate surface area is 152 Å². The van der Waals surface area contributed by atoms with Crippen LogP contribution in [0.15, 0.2) is 4.99 Å². The number of hydrogen-bond acceptors (Lipinski definition) is 2. The van der Waals surface area contributed by atoms with Crippen molar-refractivity contribution in [2.45, 2.75) is 123 Å². The van der Waals surface area contributed by atoms with Gasteiger partial charge in [0.05, 0.1) is 12.9 Å². The minimum atomic E-state index is 0.693. The van der Waals surface area contributed by atoms with Gasteiger partial charge in [0.25, 0.3) is 0 Å². The third-order valence-corrected chi connectivity index (χ3v) is 5.51. The van der Waals surface area contributed by atoms with Crippen LogP contribution in [0.25, 0.3) is 0 Å². The molecule has 0 saturated carbocycles. The van der Waals surface area contributed by atoms with Crippen molar-refractivity contribution in [1.82, 2.24) is 4.90 Å². The standard InChI is InChI=1S/C22H44N2/c1-3-4-5-6-7-8-9-10-11-12-13-14-15-16-17-18-22(2)24-20-19-23-21-24/h21-22H,3-20H2,1-2H3. The van der Waals surface area contributed by atoms with Crippen LogP contribution in [0.2, 0.25) is 0 Å². The van der Waals surface area contributed by atoms with Gasteiger partial charge in [-0.05, 0) is 13.3 Å². The van der Waals surface area contributed by atoms with Gasteiger partial charge < -0.3 is 4.90 Å². The molecule has 0 aromatic carbocycles. The number of rotatable bonds is 17. The number of hydrogen-bond donors (Lipinski definition) is 0. The predicted molar refractivity (Wildman–Crippen MR) is 109 cm³/mol. The molecule has 0 fully saturated rings. The molecule has 1 atom stereocenters. The summed E-state index contributed by atoms with van der Waals surface area (Å²) in [5.74, 6) is 0. The summed E-state index contributed by atoms with van der Waals surface area (Å²) in [7, 11) is 0. The Morgan fingerprint density at radius 2 is 1.21 bits per heavy atom. The Bertz CT molecular complexity index is 288. The molecule has 0 aromatic heterocycles. The second kappa shape index (κ2) is 16.0. The van der Waals surface area contributed by atoms with Gasteiger partial charge in [-0.1, -0.05) is 103 Å². The van der Waals surface area contributed by atoms with E-state index in [4.69, 9.17) is 0 Å². The van der Waals surface area contributed by atoms with E-state index >= 15 is 0 Å². The van der Waals surface area contributed by atoms with Crippen LogP contribution >= 0.6 is 0 Å². The largest absolute Gasteiger partial charge is 0.358 e. The molecule has 2 heteroatoms. The number of nitrogens with zero attached hydrogens (tertiary/aromatic N) is 2.